The quantitative estimate of drug-likeness (QED) is 0.469. The fraction of sp³-hybridized carbons (Fsp3) is 0.250. The molecule has 0 radical (unpaired) electrons. The third-order valence-electron chi connectivity index (χ3n) is 1.57. The van der Waals surface area contributed by atoms with Crippen LogP contribution in [0.1, 0.15) is 16.1 Å². The standard InChI is InChI=1S/C8H4ClF3INO2/c9-1-6-4(3-15)7(5(13)2-14-6)16-8(10,11)12/h2-3H,1H2. The van der Waals surface area contributed by atoms with E-state index < -0.39 is 12.1 Å². The van der Waals surface area contributed by atoms with Crippen LogP contribution in [-0.2, 0) is 5.88 Å². The van der Waals surface area contributed by atoms with E-state index in [4.69, 9.17) is 11.6 Å². The first-order valence-corrected chi connectivity index (χ1v) is 5.44. The second-order valence-electron chi connectivity index (χ2n) is 2.59. The molecule has 0 N–H and O–H groups in total. The predicted octanol–water partition coefficient (Wildman–Crippen LogP) is 3.14. The number of pyridine rings is 1. The van der Waals surface area contributed by atoms with Gasteiger partial charge in [0, 0.05) is 6.20 Å². The van der Waals surface area contributed by atoms with Crippen molar-refractivity contribution in [2.24, 2.45) is 0 Å². The van der Waals surface area contributed by atoms with E-state index in [1.165, 1.54) is 0 Å². The van der Waals surface area contributed by atoms with Crippen LogP contribution in [0.25, 0.3) is 0 Å². The molecule has 0 aromatic carbocycles. The van der Waals surface area contributed by atoms with Crippen LogP contribution in [0, 0.1) is 3.57 Å². The lowest BCUT2D eigenvalue weighted by Gasteiger charge is -2.13. The summed E-state index contributed by atoms with van der Waals surface area (Å²) in [5, 5.41) is 0. The summed E-state index contributed by atoms with van der Waals surface area (Å²) < 4.78 is 40.1. The Kier molecular flexibility index (Phi) is 4.36. The molecule has 0 unspecified atom stereocenters. The van der Waals surface area contributed by atoms with Crippen molar-refractivity contribution >= 4 is 40.5 Å². The summed E-state index contributed by atoms with van der Waals surface area (Å²) in [6.45, 7) is 0. The predicted molar refractivity (Wildman–Crippen MR) is 58.6 cm³/mol. The molecule has 0 fully saturated rings. The highest BCUT2D eigenvalue weighted by atomic mass is 127. The number of carbonyl (C=O) groups excluding carboxylic acids is 1. The van der Waals surface area contributed by atoms with E-state index in [0.717, 1.165) is 6.20 Å². The van der Waals surface area contributed by atoms with Crippen LogP contribution < -0.4 is 4.74 Å². The molecule has 0 aliphatic rings. The molecular formula is C8H4ClF3INO2. The molecule has 0 atom stereocenters. The van der Waals surface area contributed by atoms with E-state index in [-0.39, 0.29) is 27.0 Å². The zero-order valence-corrected chi connectivity index (χ0v) is 10.4. The second-order valence-corrected chi connectivity index (χ2v) is 4.02. The zero-order valence-electron chi connectivity index (χ0n) is 7.52. The van der Waals surface area contributed by atoms with Gasteiger partial charge in [-0.2, -0.15) is 0 Å². The van der Waals surface area contributed by atoms with Gasteiger partial charge in [-0.05, 0) is 22.6 Å². The van der Waals surface area contributed by atoms with Crippen molar-refractivity contribution in [3.63, 3.8) is 0 Å². The van der Waals surface area contributed by atoms with E-state index in [1.807, 2.05) is 0 Å². The Labute approximate surface area is 107 Å². The average molecular weight is 365 g/mol. The van der Waals surface area contributed by atoms with Crippen LogP contribution in [0.4, 0.5) is 13.2 Å². The zero-order chi connectivity index (χ0) is 12.3. The van der Waals surface area contributed by atoms with Crippen LogP contribution in [0.2, 0.25) is 0 Å². The molecule has 3 nitrogen and oxygen atoms in total. The van der Waals surface area contributed by atoms with Gasteiger partial charge in [-0.3, -0.25) is 9.78 Å². The molecule has 1 aromatic heterocycles. The molecule has 0 saturated heterocycles. The van der Waals surface area contributed by atoms with Gasteiger partial charge in [0.1, 0.15) is 0 Å². The topological polar surface area (TPSA) is 39.2 Å². The summed E-state index contributed by atoms with van der Waals surface area (Å²) in [6, 6.07) is 0. The number of aromatic nitrogens is 1. The van der Waals surface area contributed by atoms with Gasteiger partial charge in [0.2, 0.25) is 0 Å². The molecule has 0 spiro atoms. The van der Waals surface area contributed by atoms with E-state index in [1.54, 1.807) is 22.6 Å². The average Bonchev–Trinajstić information content (AvgIpc) is 2.19. The minimum Gasteiger partial charge on any atom is -0.404 e. The minimum absolute atomic E-state index is 0.0522. The van der Waals surface area contributed by atoms with Crippen molar-refractivity contribution in [2.75, 3.05) is 0 Å². The van der Waals surface area contributed by atoms with Crippen molar-refractivity contribution in [3.8, 4) is 5.75 Å². The minimum atomic E-state index is -4.86. The lowest BCUT2D eigenvalue weighted by Crippen LogP contribution is -2.19. The summed E-state index contributed by atoms with van der Waals surface area (Å²) in [5.41, 5.74) is -0.226. The normalized spacial score (nSPS) is 11.3. The van der Waals surface area contributed by atoms with E-state index in [2.05, 4.69) is 9.72 Å². The summed E-state index contributed by atoms with van der Waals surface area (Å²) in [4.78, 5) is 14.4. The molecule has 0 saturated carbocycles. The van der Waals surface area contributed by atoms with E-state index >= 15 is 0 Å². The fourth-order valence-electron chi connectivity index (χ4n) is 0.970. The number of rotatable bonds is 3. The number of ether oxygens (including phenoxy) is 1. The van der Waals surface area contributed by atoms with Crippen LogP contribution in [0.15, 0.2) is 6.20 Å². The Morgan fingerprint density at radius 1 is 1.56 bits per heavy atom. The number of halogens is 5. The third-order valence-corrected chi connectivity index (χ3v) is 2.59. The first-order valence-electron chi connectivity index (χ1n) is 3.83. The third kappa shape index (κ3) is 3.21. The number of hydrogen-bond donors (Lipinski definition) is 0. The maximum Gasteiger partial charge on any atom is 0.573 e. The Morgan fingerprint density at radius 3 is 2.62 bits per heavy atom. The molecule has 0 bridgehead atoms. The van der Waals surface area contributed by atoms with Crippen LogP contribution >= 0.6 is 34.2 Å². The van der Waals surface area contributed by atoms with Gasteiger partial charge in [-0.15, -0.1) is 24.8 Å². The second kappa shape index (κ2) is 5.17. The maximum absolute atomic E-state index is 12.1. The van der Waals surface area contributed by atoms with Crippen LogP contribution in [0.3, 0.4) is 0 Å². The lowest BCUT2D eigenvalue weighted by atomic mass is 10.2. The number of aldehydes is 1. The van der Waals surface area contributed by atoms with Crippen LogP contribution in [-0.4, -0.2) is 17.6 Å². The first kappa shape index (κ1) is 13.5. The number of hydrogen-bond acceptors (Lipinski definition) is 3. The van der Waals surface area contributed by atoms with Crippen molar-refractivity contribution < 1.29 is 22.7 Å². The SMILES string of the molecule is O=Cc1c(CCl)ncc(I)c1OC(F)(F)F. The monoisotopic (exact) mass is 365 g/mol. The van der Waals surface area contributed by atoms with E-state index in [9.17, 15) is 18.0 Å². The summed E-state index contributed by atoms with van der Waals surface area (Å²) in [6.07, 6.45) is -3.46. The summed E-state index contributed by atoms with van der Waals surface area (Å²) in [7, 11) is 0. The van der Waals surface area contributed by atoms with Crippen molar-refractivity contribution in [3.05, 3.63) is 21.0 Å². The molecule has 8 heteroatoms. The van der Waals surface area contributed by atoms with Gasteiger partial charge in [0.15, 0.2) is 12.0 Å². The molecule has 1 aromatic rings. The molecule has 1 rings (SSSR count). The highest BCUT2D eigenvalue weighted by Crippen LogP contribution is 2.31. The van der Waals surface area contributed by atoms with Gasteiger partial charge in [0.05, 0.1) is 20.7 Å². The van der Waals surface area contributed by atoms with Gasteiger partial charge < -0.3 is 4.74 Å². The molecule has 0 amide bonds. The molecule has 0 aliphatic carbocycles. The summed E-state index contributed by atoms with van der Waals surface area (Å²) >= 11 is 7.04. The largest absolute Gasteiger partial charge is 0.573 e. The van der Waals surface area contributed by atoms with Gasteiger partial charge in [-0.1, -0.05) is 0 Å². The molecule has 88 valence electrons. The molecule has 1 heterocycles. The Hall–Kier alpha value is -0.570. The summed E-state index contributed by atoms with van der Waals surface area (Å²) in [5.74, 6) is -0.729. The number of alkyl halides is 4. The first-order chi connectivity index (χ1) is 7.39. The number of carbonyl (C=O) groups is 1. The Morgan fingerprint density at radius 2 is 2.19 bits per heavy atom. The molecule has 16 heavy (non-hydrogen) atoms. The highest BCUT2D eigenvalue weighted by molar-refractivity contribution is 14.1. The van der Waals surface area contributed by atoms with Crippen molar-refractivity contribution in [1.82, 2.24) is 4.98 Å². The van der Waals surface area contributed by atoms with Gasteiger partial charge >= 0.3 is 6.36 Å². The number of nitrogens with zero attached hydrogens (tertiary/aromatic N) is 1. The molecule has 0 aliphatic heterocycles. The highest BCUT2D eigenvalue weighted by Gasteiger charge is 2.33. The molecular weight excluding hydrogens is 361 g/mol. The van der Waals surface area contributed by atoms with Gasteiger partial charge in [-0.25, -0.2) is 0 Å². The van der Waals surface area contributed by atoms with E-state index in [0.29, 0.717) is 0 Å². The lowest BCUT2D eigenvalue weighted by molar-refractivity contribution is -0.275. The Balaban J connectivity index is 3.29. The van der Waals surface area contributed by atoms with Crippen molar-refractivity contribution in [2.45, 2.75) is 12.2 Å². The maximum atomic E-state index is 12.1. The fourth-order valence-corrected chi connectivity index (χ4v) is 1.72. The van der Waals surface area contributed by atoms with Crippen molar-refractivity contribution in [1.29, 1.82) is 0 Å². The Bertz CT molecular complexity index is 411. The smallest absolute Gasteiger partial charge is 0.404 e. The van der Waals surface area contributed by atoms with Gasteiger partial charge in [0.25, 0.3) is 0 Å². The van der Waals surface area contributed by atoms with Crippen LogP contribution in [0.5, 0.6) is 5.75 Å².